The summed E-state index contributed by atoms with van der Waals surface area (Å²) in [5, 5.41) is 2.75. The summed E-state index contributed by atoms with van der Waals surface area (Å²) in [5.41, 5.74) is 1.33. The lowest BCUT2D eigenvalue weighted by atomic mass is 9.98. The predicted molar refractivity (Wildman–Crippen MR) is 133 cm³/mol. The maximum atomic E-state index is 12.9. The second-order valence-electron chi connectivity index (χ2n) is 8.31. The van der Waals surface area contributed by atoms with Crippen LogP contribution in [0.3, 0.4) is 0 Å². The van der Waals surface area contributed by atoms with Crippen molar-refractivity contribution in [1.29, 1.82) is 0 Å². The molecule has 192 valence electrons. The number of hydrogen-bond donors (Lipinski definition) is 2. The fourth-order valence-electron chi connectivity index (χ4n) is 3.40. The maximum absolute atomic E-state index is 12.9. The highest BCUT2D eigenvalue weighted by Crippen LogP contribution is 2.32. The standard InChI is InChI=1S/C25H24ClF3N2O4S/c1-15(2)20-9-4-6-16(3)24(20)30-23(32)14-35-22-11-10-19(13-21(22)26)36(33,34)31-18-8-5-7-17(12-18)25(27,28)29/h4-13,15,31H,14H2,1-3H3,(H,30,32). The molecule has 0 aliphatic rings. The van der Waals surface area contributed by atoms with Gasteiger partial charge in [-0.2, -0.15) is 13.2 Å². The van der Waals surface area contributed by atoms with Crippen molar-refractivity contribution in [3.8, 4) is 5.75 Å². The zero-order chi connectivity index (χ0) is 26.7. The first-order valence-electron chi connectivity index (χ1n) is 10.8. The molecule has 0 saturated heterocycles. The van der Waals surface area contributed by atoms with Gasteiger partial charge >= 0.3 is 6.18 Å². The number of sulfonamides is 1. The summed E-state index contributed by atoms with van der Waals surface area (Å²) in [6.07, 6.45) is -4.62. The van der Waals surface area contributed by atoms with E-state index >= 15 is 0 Å². The van der Waals surface area contributed by atoms with E-state index in [0.717, 1.165) is 29.3 Å². The number of para-hydroxylation sites is 1. The van der Waals surface area contributed by atoms with E-state index in [0.29, 0.717) is 11.8 Å². The molecule has 0 fully saturated rings. The van der Waals surface area contributed by atoms with Crippen molar-refractivity contribution in [2.24, 2.45) is 0 Å². The molecule has 0 spiro atoms. The minimum absolute atomic E-state index is 0.0682. The van der Waals surface area contributed by atoms with Crippen molar-refractivity contribution in [2.45, 2.75) is 37.8 Å². The highest BCUT2D eigenvalue weighted by molar-refractivity contribution is 7.92. The molecule has 3 aromatic rings. The van der Waals surface area contributed by atoms with Crippen LogP contribution in [0.4, 0.5) is 24.5 Å². The Kier molecular flexibility index (Phi) is 8.20. The molecule has 0 aromatic heterocycles. The summed E-state index contributed by atoms with van der Waals surface area (Å²) >= 11 is 6.16. The molecule has 36 heavy (non-hydrogen) atoms. The van der Waals surface area contributed by atoms with Gasteiger partial charge in [0.2, 0.25) is 0 Å². The molecule has 1 amide bonds. The van der Waals surface area contributed by atoms with E-state index in [-0.39, 0.29) is 33.9 Å². The average molecular weight is 541 g/mol. The molecule has 0 unspecified atom stereocenters. The Labute approximate surface area is 212 Å². The zero-order valence-electron chi connectivity index (χ0n) is 19.6. The molecule has 0 heterocycles. The Hall–Kier alpha value is -3.24. The third-order valence-electron chi connectivity index (χ3n) is 5.21. The van der Waals surface area contributed by atoms with Crippen LogP contribution in [0.5, 0.6) is 5.75 Å². The number of alkyl halides is 3. The van der Waals surface area contributed by atoms with Crippen molar-refractivity contribution in [2.75, 3.05) is 16.6 Å². The molecule has 6 nitrogen and oxygen atoms in total. The van der Waals surface area contributed by atoms with E-state index in [1.807, 2.05) is 39.0 Å². The molecule has 0 bridgehead atoms. The maximum Gasteiger partial charge on any atom is 0.416 e. The summed E-state index contributed by atoms with van der Waals surface area (Å²) in [7, 11) is -4.24. The molecule has 0 aliphatic carbocycles. The Morgan fingerprint density at radius 3 is 2.39 bits per heavy atom. The predicted octanol–water partition coefficient (Wildman–Crippen LogP) is 6.61. The van der Waals surface area contributed by atoms with Gasteiger partial charge in [-0.25, -0.2) is 8.42 Å². The van der Waals surface area contributed by atoms with Crippen molar-refractivity contribution in [1.82, 2.24) is 0 Å². The van der Waals surface area contributed by atoms with E-state index < -0.39 is 27.7 Å². The lowest BCUT2D eigenvalue weighted by molar-refractivity contribution is -0.137. The van der Waals surface area contributed by atoms with Crippen LogP contribution in [-0.2, 0) is 21.0 Å². The zero-order valence-corrected chi connectivity index (χ0v) is 21.2. The molecule has 2 N–H and O–H groups in total. The van der Waals surface area contributed by atoms with E-state index in [4.69, 9.17) is 16.3 Å². The lowest BCUT2D eigenvalue weighted by Gasteiger charge is -2.17. The first-order chi connectivity index (χ1) is 16.8. The average Bonchev–Trinajstić information content (AvgIpc) is 2.78. The van der Waals surface area contributed by atoms with Gasteiger partial charge < -0.3 is 10.1 Å². The number of rotatable bonds is 8. The molecular weight excluding hydrogens is 517 g/mol. The van der Waals surface area contributed by atoms with Gasteiger partial charge in [0.25, 0.3) is 15.9 Å². The first kappa shape index (κ1) is 27.3. The molecule has 3 rings (SSSR count). The number of amides is 1. The van der Waals surface area contributed by atoms with E-state index in [2.05, 4.69) is 10.0 Å². The highest BCUT2D eigenvalue weighted by atomic mass is 35.5. The minimum Gasteiger partial charge on any atom is -0.482 e. The summed E-state index contributed by atoms with van der Waals surface area (Å²) in [6, 6.07) is 13.1. The first-order valence-corrected chi connectivity index (χ1v) is 12.7. The van der Waals surface area contributed by atoms with Crippen LogP contribution in [0.2, 0.25) is 5.02 Å². The molecule has 0 radical (unpaired) electrons. The van der Waals surface area contributed by atoms with E-state index in [1.165, 1.54) is 18.2 Å². The second kappa shape index (κ2) is 10.8. The molecule has 11 heteroatoms. The van der Waals surface area contributed by atoms with Gasteiger partial charge in [0.05, 0.1) is 15.5 Å². The van der Waals surface area contributed by atoms with Crippen LogP contribution >= 0.6 is 11.6 Å². The van der Waals surface area contributed by atoms with Crippen LogP contribution in [0, 0.1) is 6.92 Å². The van der Waals surface area contributed by atoms with E-state index in [9.17, 15) is 26.4 Å². The van der Waals surface area contributed by atoms with Crippen LogP contribution < -0.4 is 14.8 Å². The van der Waals surface area contributed by atoms with Crippen molar-refractivity contribution in [3.05, 3.63) is 82.4 Å². The van der Waals surface area contributed by atoms with Gasteiger partial charge in [-0.15, -0.1) is 0 Å². The topological polar surface area (TPSA) is 84.5 Å². The smallest absolute Gasteiger partial charge is 0.416 e. The van der Waals surface area contributed by atoms with Gasteiger partial charge in [-0.3, -0.25) is 9.52 Å². The number of anilines is 2. The summed E-state index contributed by atoms with van der Waals surface area (Å²) in [4.78, 5) is 12.2. The van der Waals surface area contributed by atoms with Gasteiger partial charge in [-0.1, -0.05) is 49.7 Å². The fourth-order valence-corrected chi connectivity index (χ4v) is 4.78. The number of benzene rings is 3. The summed E-state index contributed by atoms with van der Waals surface area (Å²) in [6.45, 7) is 5.53. The number of aryl methyl sites for hydroxylation is 1. The molecule has 0 saturated carbocycles. The second-order valence-corrected chi connectivity index (χ2v) is 10.4. The number of halogens is 4. The number of carbonyl (C=O) groups excluding carboxylic acids is 1. The van der Waals surface area contributed by atoms with Crippen LogP contribution in [0.15, 0.2) is 65.6 Å². The minimum atomic E-state index is -4.62. The monoisotopic (exact) mass is 540 g/mol. The number of nitrogens with one attached hydrogen (secondary N) is 2. The van der Waals surface area contributed by atoms with Gasteiger partial charge in [0.15, 0.2) is 6.61 Å². The Balaban J connectivity index is 1.70. The Bertz CT molecular complexity index is 1380. The van der Waals surface area contributed by atoms with Crippen molar-refractivity contribution < 1.29 is 31.1 Å². The number of carbonyl (C=O) groups is 1. The van der Waals surface area contributed by atoms with Gasteiger partial charge in [-0.05, 0) is 60.4 Å². The molecule has 0 aliphatic heterocycles. The SMILES string of the molecule is Cc1cccc(C(C)C)c1NC(=O)COc1ccc(S(=O)(=O)Nc2cccc(C(F)(F)F)c2)cc1Cl. The third-order valence-corrected chi connectivity index (χ3v) is 6.88. The van der Waals surface area contributed by atoms with Crippen LogP contribution in [0.25, 0.3) is 0 Å². The number of hydrogen-bond acceptors (Lipinski definition) is 4. The number of ether oxygens (including phenoxy) is 1. The van der Waals surface area contributed by atoms with Crippen molar-refractivity contribution in [3.63, 3.8) is 0 Å². The Morgan fingerprint density at radius 1 is 1.06 bits per heavy atom. The quantitative estimate of drug-likeness (QED) is 0.337. The van der Waals surface area contributed by atoms with Crippen LogP contribution in [0.1, 0.15) is 36.5 Å². The summed E-state index contributed by atoms with van der Waals surface area (Å²) < 4.78 is 71.6. The van der Waals surface area contributed by atoms with E-state index in [1.54, 1.807) is 0 Å². The summed E-state index contributed by atoms with van der Waals surface area (Å²) in [5.74, 6) is -0.168. The van der Waals surface area contributed by atoms with Gasteiger partial charge in [0, 0.05) is 11.4 Å². The lowest BCUT2D eigenvalue weighted by Crippen LogP contribution is -2.22. The Morgan fingerprint density at radius 2 is 1.75 bits per heavy atom. The van der Waals surface area contributed by atoms with Crippen LogP contribution in [-0.4, -0.2) is 20.9 Å². The van der Waals surface area contributed by atoms with Crippen molar-refractivity contribution >= 4 is 38.9 Å². The normalized spacial score (nSPS) is 11.9. The molecule has 0 atom stereocenters. The largest absolute Gasteiger partial charge is 0.482 e. The molecular formula is C25H24ClF3N2O4S. The third kappa shape index (κ3) is 6.70. The molecule has 3 aromatic carbocycles. The fraction of sp³-hybridized carbons (Fsp3) is 0.240. The highest BCUT2D eigenvalue weighted by Gasteiger charge is 2.30. The van der Waals surface area contributed by atoms with Gasteiger partial charge in [0.1, 0.15) is 5.75 Å².